The summed E-state index contributed by atoms with van der Waals surface area (Å²) in [5.74, 6) is -0.201. The summed E-state index contributed by atoms with van der Waals surface area (Å²) < 4.78 is 0. The van der Waals surface area contributed by atoms with E-state index in [4.69, 9.17) is 23.2 Å². The molecule has 2 N–H and O–H groups in total. The summed E-state index contributed by atoms with van der Waals surface area (Å²) in [5, 5.41) is 9.44. The minimum atomic E-state index is -0.137. The number of nitrogens with one attached hydrogen (secondary N) is 2. The zero-order valence-electron chi connectivity index (χ0n) is 15.1. The van der Waals surface area contributed by atoms with Crippen LogP contribution in [0.5, 0.6) is 0 Å². The number of anilines is 2. The van der Waals surface area contributed by atoms with Gasteiger partial charge in [-0.25, -0.2) is 4.98 Å². The largest absolute Gasteiger partial charge is 0.353 e. The Bertz CT molecular complexity index is 900. The predicted octanol–water partition coefficient (Wildman–Crippen LogP) is 4.32. The van der Waals surface area contributed by atoms with Gasteiger partial charge in [0.1, 0.15) is 5.69 Å². The fourth-order valence-corrected chi connectivity index (χ4v) is 4.21. The van der Waals surface area contributed by atoms with E-state index in [1.54, 1.807) is 28.5 Å². The van der Waals surface area contributed by atoms with Gasteiger partial charge in [0.05, 0.1) is 16.0 Å². The second-order valence-electron chi connectivity index (χ2n) is 7.16. The van der Waals surface area contributed by atoms with Gasteiger partial charge in [-0.05, 0) is 43.9 Å². The Morgan fingerprint density at radius 1 is 1.18 bits per heavy atom. The molecule has 2 aromatic rings. The Hall–Kier alpha value is -1.83. The maximum absolute atomic E-state index is 12.8. The molecular weight excluding hydrogens is 419 g/mol. The van der Waals surface area contributed by atoms with Crippen molar-refractivity contribution in [2.24, 2.45) is 5.92 Å². The smallest absolute Gasteiger partial charge is 0.273 e. The summed E-state index contributed by atoms with van der Waals surface area (Å²) in [7, 11) is 0. The van der Waals surface area contributed by atoms with Crippen LogP contribution in [0.2, 0.25) is 10.0 Å². The van der Waals surface area contributed by atoms with E-state index < -0.39 is 0 Å². The summed E-state index contributed by atoms with van der Waals surface area (Å²) in [5.41, 5.74) is 1.13. The van der Waals surface area contributed by atoms with E-state index in [1.165, 1.54) is 11.3 Å². The minimum absolute atomic E-state index is 0.0697. The van der Waals surface area contributed by atoms with E-state index in [-0.39, 0.29) is 17.7 Å². The van der Waals surface area contributed by atoms with Crippen LogP contribution in [0.4, 0.5) is 10.8 Å². The first-order valence-electron chi connectivity index (χ1n) is 9.27. The van der Waals surface area contributed by atoms with Crippen LogP contribution in [0.15, 0.2) is 23.6 Å². The van der Waals surface area contributed by atoms with Crippen LogP contribution in [0.3, 0.4) is 0 Å². The highest BCUT2D eigenvalue weighted by Gasteiger charge is 2.32. The number of hydrogen-bond acceptors (Lipinski definition) is 5. The van der Waals surface area contributed by atoms with Crippen LogP contribution < -0.4 is 10.6 Å². The standard InChI is InChI=1S/C19H20Cl2N4O2S/c20-14-6-5-13(8-15(14)21)23-19-24-16(10-28-19)18(27)25-7-1-2-11(9-25)17(26)22-12-3-4-12/h5-6,8,10-12H,1-4,7,9H2,(H,22,26)(H,23,24). The molecule has 2 fully saturated rings. The second-order valence-corrected chi connectivity index (χ2v) is 8.84. The van der Waals surface area contributed by atoms with Gasteiger partial charge in [-0.3, -0.25) is 9.59 Å². The summed E-state index contributed by atoms with van der Waals surface area (Å²) in [4.78, 5) is 31.3. The minimum Gasteiger partial charge on any atom is -0.353 e. The number of halogens is 2. The van der Waals surface area contributed by atoms with E-state index in [0.29, 0.717) is 40.0 Å². The van der Waals surface area contributed by atoms with E-state index in [9.17, 15) is 9.59 Å². The molecule has 1 aromatic carbocycles. The van der Waals surface area contributed by atoms with Gasteiger partial charge in [0.15, 0.2) is 5.13 Å². The van der Waals surface area contributed by atoms with Gasteiger partial charge in [0, 0.05) is 30.2 Å². The molecule has 1 aromatic heterocycles. The number of amides is 2. The Morgan fingerprint density at radius 3 is 2.75 bits per heavy atom. The number of carbonyl (C=O) groups is 2. The lowest BCUT2D eigenvalue weighted by Crippen LogP contribution is -2.46. The molecule has 1 aliphatic heterocycles. The van der Waals surface area contributed by atoms with Gasteiger partial charge in [0.25, 0.3) is 5.91 Å². The fraction of sp³-hybridized carbons (Fsp3) is 0.421. The Kier molecular flexibility index (Phi) is 5.75. The first-order chi connectivity index (χ1) is 13.5. The van der Waals surface area contributed by atoms with Crippen molar-refractivity contribution in [1.82, 2.24) is 15.2 Å². The molecule has 1 saturated carbocycles. The van der Waals surface area contributed by atoms with Crippen LogP contribution in [-0.2, 0) is 4.79 Å². The molecule has 1 saturated heterocycles. The molecule has 0 radical (unpaired) electrons. The monoisotopic (exact) mass is 438 g/mol. The summed E-state index contributed by atoms with van der Waals surface area (Å²) >= 11 is 13.3. The lowest BCUT2D eigenvalue weighted by atomic mass is 9.97. The Morgan fingerprint density at radius 2 is 2.00 bits per heavy atom. The van der Waals surface area contributed by atoms with Crippen molar-refractivity contribution >= 4 is 57.2 Å². The van der Waals surface area contributed by atoms with Crippen LogP contribution in [0, 0.1) is 5.92 Å². The molecule has 1 atom stereocenters. The van der Waals surface area contributed by atoms with Crippen molar-refractivity contribution < 1.29 is 9.59 Å². The van der Waals surface area contributed by atoms with Gasteiger partial charge < -0.3 is 15.5 Å². The molecule has 148 valence electrons. The third-order valence-corrected chi connectivity index (χ3v) is 6.39. The van der Waals surface area contributed by atoms with E-state index in [0.717, 1.165) is 31.4 Å². The van der Waals surface area contributed by atoms with Gasteiger partial charge in [0.2, 0.25) is 5.91 Å². The van der Waals surface area contributed by atoms with Crippen LogP contribution in [0.1, 0.15) is 36.2 Å². The predicted molar refractivity (Wildman–Crippen MR) is 112 cm³/mol. The van der Waals surface area contributed by atoms with Gasteiger partial charge in [-0.15, -0.1) is 11.3 Å². The average Bonchev–Trinajstić information content (AvgIpc) is 3.39. The summed E-state index contributed by atoms with van der Waals surface area (Å²) in [6, 6.07) is 5.55. The lowest BCUT2D eigenvalue weighted by molar-refractivity contribution is -0.126. The van der Waals surface area contributed by atoms with Crippen molar-refractivity contribution in [3.05, 3.63) is 39.3 Å². The number of rotatable bonds is 5. The third-order valence-electron chi connectivity index (χ3n) is 4.90. The molecule has 2 amide bonds. The highest BCUT2D eigenvalue weighted by atomic mass is 35.5. The summed E-state index contributed by atoms with van der Waals surface area (Å²) in [6.45, 7) is 1.10. The summed E-state index contributed by atoms with van der Waals surface area (Å²) in [6.07, 6.45) is 3.78. The number of likely N-dealkylation sites (tertiary alicyclic amines) is 1. The van der Waals surface area contributed by atoms with Crippen molar-refractivity contribution in [2.45, 2.75) is 31.7 Å². The number of aromatic nitrogens is 1. The molecule has 1 aliphatic carbocycles. The Labute approximate surface area is 177 Å². The zero-order chi connectivity index (χ0) is 19.7. The molecule has 6 nitrogen and oxygen atoms in total. The van der Waals surface area contributed by atoms with Gasteiger partial charge in [-0.2, -0.15) is 0 Å². The third kappa shape index (κ3) is 4.59. The number of piperidine rings is 1. The molecule has 9 heteroatoms. The highest BCUT2D eigenvalue weighted by molar-refractivity contribution is 7.14. The van der Waals surface area contributed by atoms with Crippen molar-refractivity contribution in [1.29, 1.82) is 0 Å². The zero-order valence-corrected chi connectivity index (χ0v) is 17.4. The molecule has 2 aliphatic rings. The Balaban J connectivity index is 1.39. The lowest BCUT2D eigenvalue weighted by Gasteiger charge is -2.31. The molecule has 28 heavy (non-hydrogen) atoms. The maximum Gasteiger partial charge on any atom is 0.273 e. The number of thiazole rings is 1. The van der Waals surface area contributed by atoms with Gasteiger partial charge >= 0.3 is 0 Å². The first-order valence-corrected chi connectivity index (χ1v) is 10.9. The molecule has 0 spiro atoms. The van der Waals surface area contributed by atoms with E-state index in [2.05, 4.69) is 15.6 Å². The quantitative estimate of drug-likeness (QED) is 0.728. The molecule has 0 bridgehead atoms. The first kappa shape index (κ1) is 19.5. The number of benzene rings is 1. The van der Waals surface area contributed by atoms with E-state index >= 15 is 0 Å². The van der Waals surface area contributed by atoms with Crippen molar-refractivity contribution in [3.8, 4) is 0 Å². The SMILES string of the molecule is O=C(NC1CC1)C1CCCN(C(=O)c2csc(Nc3ccc(Cl)c(Cl)c3)n2)C1. The van der Waals surface area contributed by atoms with Crippen LogP contribution >= 0.6 is 34.5 Å². The van der Waals surface area contributed by atoms with E-state index in [1.807, 2.05) is 0 Å². The molecular formula is C19H20Cl2N4O2S. The number of carbonyl (C=O) groups excluding carboxylic acids is 2. The number of nitrogens with zero attached hydrogens (tertiary/aromatic N) is 2. The van der Waals surface area contributed by atoms with Crippen LogP contribution in [0.25, 0.3) is 0 Å². The molecule has 1 unspecified atom stereocenters. The fourth-order valence-electron chi connectivity index (χ4n) is 3.21. The van der Waals surface area contributed by atoms with Crippen molar-refractivity contribution in [2.75, 3.05) is 18.4 Å². The normalized spacial score (nSPS) is 19.4. The molecule has 2 heterocycles. The number of hydrogen-bond donors (Lipinski definition) is 2. The highest BCUT2D eigenvalue weighted by Crippen LogP contribution is 2.29. The second kappa shape index (κ2) is 8.27. The van der Waals surface area contributed by atoms with Crippen molar-refractivity contribution in [3.63, 3.8) is 0 Å². The maximum atomic E-state index is 12.8. The van der Waals surface area contributed by atoms with Crippen LogP contribution in [-0.4, -0.2) is 40.8 Å². The molecule has 4 rings (SSSR count). The topological polar surface area (TPSA) is 74.3 Å². The van der Waals surface area contributed by atoms with Gasteiger partial charge in [-0.1, -0.05) is 23.2 Å². The average molecular weight is 439 g/mol.